The fourth-order valence-corrected chi connectivity index (χ4v) is 4.16. The van der Waals surface area contributed by atoms with Gasteiger partial charge >= 0.3 is 11.5 Å². The number of hydrogen-bond acceptors (Lipinski definition) is 6. The van der Waals surface area contributed by atoms with Gasteiger partial charge in [0.15, 0.2) is 0 Å². The van der Waals surface area contributed by atoms with E-state index in [0.29, 0.717) is 17.7 Å². The molecular weight excluding hydrogens is 477 g/mol. The molecule has 1 aliphatic heterocycles. The third-order valence-electron chi connectivity index (χ3n) is 5.41. The number of urea groups is 1. The lowest BCUT2D eigenvalue weighted by Gasteiger charge is -2.28. The van der Waals surface area contributed by atoms with E-state index in [0.717, 1.165) is 17.0 Å². The molecule has 1 saturated heterocycles. The maximum atomic E-state index is 13.2. The zero-order chi connectivity index (χ0) is 25.6. The van der Waals surface area contributed by atoms with E-state index in [1.54, 1.807) is 20.2 Å². The first-order valence-electron chi connectivity index (χ1n) is 9.83. The number of carbonyl (C=O) groups excluding carboxylic acids is 3. The number of anilines is 1. The van der Waals surface area contributed by atoms with Gasteiger partial charge in [-0.3, -0.25) is 14.6 Å². The minimum absolute atomic E-state index is 0.0916. The number of nitrogens with zero attached hydrogens (tertiary/aromatic N) is 4. The average Bonchev–Trinajstić information content (AvgIpc) is 2.92. The molecule has 0 aliphatic carbocycles. The van der Waals surface area contributed by atoms with Crippen LogP contribution < -0.4 is 4.90 Å². The molecule has 1 aromatic heterocycles. The van der Waals surface area contributed by atoms with Gasteiger partial charge in [-0.15, -0.1) is 0 Å². The summed E-state index contributed by atoms with van der Waals surface area (Å²) in [4.78, 5) is 45.0. The van der Waals surface area contributed by atoms with Crippen molar-refractivity contribution in [2.24, 2.45) is 0 Å². The van der Waals surface area contributed by atoms with Crippen molar-refractivity contribution in [1.29, 1.82) is 0 Å². The zero-order valence-corrected chi connectivity index (χ0v) is 19.4. The van der Waals surface area contributed by atoms with Crippen molar-refractivity contribution >= 4 is 33.4 Å². The third kappa shape index (κ3) is 4.11. The lowest BCUT2D eigenvalue weighted by Crippen LogP contribution is -2.44. The van der Waals surface area contributed by atoms with Crippen molar-refractivity contribution in [1.82, 2.24) is 14.8 Å². The van der Waals surface area contributed by atoms with Crippen LogP contribution in [0.5, 0.6) is 0 Å². The molecule has 0 unspecified atom stereocenters. The SMILES string of the molecule is CN(C)C(=O)c1cnccc1CN1C(=O)N(c2ccc(S(=O)(=O)C(F)(F)F)cc2)C(=O)C1(C)C. The van der Waals surface area contributed by atoms with Gasteiger partial charge in [-0.25, -0.2) is 18.1 Å². The number of rotatable bonds is 5. The Bertz CT molecular complexity index is 1260. The van der Waals surface area contributed by atoms with Gasteiger partial charge in [0.25, 0.3) is 21.7 Å². The maximum Gasteiger partial charge on any atom is 0.501 e. The second-order valence-corrected chi connectivity index (χ2v) is 10.2. The van der Waals surface area contributed by atoms with Crippen molar-refractivity contribution in [2.45, 2.75) is 36.3 Å². The third-order valence-corrected chi connectivity index (χ3v) is 6.91. The Morgan fingerprint density at radius 1 is 1.09 bits per heavy atom. The van der Waals surface area contributed by atoms with Gasteiger partial charge in [0.05, 0.1) is 16.1 Å². The first-order chi connectivity index (χ1) is 15.6. The first kappa shape index (κ1) is 25.1. The number of imide groups is 1. The smallest absolute Gasteiger partial charge is 0.345 e. The van der Waals surface area contributed by atoms with Crippen LogP contribution in [-0.2, 0) is 21.2 Å². The highest BCUT2D eigenvalue weighted by molar-refractivity contribution is 7.92. The van der Waals surface area contributed by atoms with E-state index in [9.17, 15) is 36.0 Å². The van der Waals surface area contributed by atoms with Crippen LogP contribution in [0.2, 0.25) is 0 Å². The minimum atomic E-state index is -5.58. The molecule has 3 rings (SSSR count). The lowest BCUT2D eigenvalue weighted by molar-refractivity contribution is -0.123. The van der Waals surface area contributed by atoms with Crippen LogP contribution in [0.15, 0.2) is 47.6 Å². The van der Waals surface area contributed by atoms with E-state index in [2.05, 4.69) is 4.98 Å². The van der Waals surface area contributed by atoms with Gasteiger partial charge in [-0.2, -0.15) is 13.2 Å². The minimum Gasteiger partial charge on any atom is -0.345 e. The number of halogens is 3. The van der Waals surface area contributed by atoms with Crippen LogP contribution in [0.3, 0.4) is 0 Å². The Morgan fingerprint density at radius 2 is 1.68 bits per heavy atom. The molecule has 13 heteroatoms. The lowest BCUT2D eigenvalue weighted by atomic mass is 10.0. The normalized spacial score (nSPS) is 16.2. The van der Waals surface area contributed by atoms with Crippen molar-refractivity contribution in [2.75, 3.05) is 19.0 Å². The fraction of sp³-hybridized carbons (Fsp3) is 0.333. The maximum absolute atomic E-state index is 13.2. The van der Waals surface area contributed by atoms with Crippen molar-refractivity contribution < 1.29 is 36.0 Å². The van der Waals surface area contributed by atoms with Crippen LogP contribution in [0.1, 0.15) is 29.8 Å². The molecule has 0 atom stereocenters. The summed E-state index contributed by atoms with van der Waals surface area (Å²) in [6.45, 7) is 2.86. The second-order valence-electron chi connectivity index (χ2n) is 8.24. The van der Waals surface area contributed by atoms with E-state index in [-0.39, 0.29) is 23.7 Å². The summed E-state index contributed by atoms with van der Waals surface area (Å²) in [5, 5.41) is 0. The molecule has 182 valence electrons. The molecule has 2 heterocycles. The van der Waals surface area contributed by atoms with Crippen molar-refractivity contribution in [3.05, 3.63) is 53.9 Å². The van der Waals surface area contributed by atoms with E-state index < -0.39 is 37.7 Å². The molecule has 4 amide bonds. The highest BCUT2D eigenvalue weighted by atomic mass is 32.2. The molecule has 0 spiro atoms. The summed E-state index contributed by atoms with van der Waals surface area (Å²) in [5.74, 6) is -1.02. The number of aromatic nitrogens is 1. The fourth-order valence-electron chi connectivity index (χ4n) is 3.40. The number of pyridine rings is 1. The van der Waals surface area contributed by atoms with Crippen molar-refractivity contribution in [3.63, 3.8) is 0 Å². The number of sulfone groups is 1. The van der Waals surface area contributed by atoms with E-state index in [4.69, 9.17) is 0 Å². The molecule has 2 aromatic rings. The summed E-state index contributed by atoms with van der Waals surface area (Å²) in [6.07, 6.45) is 2.79. The summed E-state index contributed by atoms with van der Waals surface area (Å²) in [5.41, 5.74) is -6.26. The highest BCUT2D eigenvalue weighted by Gasteiger charge is 2.52. The van der Waals surface area contributed by atoms with Gasteiger partial charge in [0.1, 0.15) is 5.54 Å². The predicted molar refractivity (Wildman–Crippen MR) is 114 cm³/mol. The van der Waals surface area contributed by atoms with Crippen LogP contribution in [0.4, 0.5) is 23.7 Å². The molecule has 0 radical (unpaired) electrons. The van der Waals surface area contributed by atoms with Gasteiger partial charge in [0, 0.05) is 33.0 Å². The Labute approximate surface area is 193 Å². The first-order valence-corrected chi connectivity index (χ1v) is 11.3. The summed E-state index contributed by atoms with van der Waals surface area (Å²) < 4.78 is 61.6. The van der Waals surface area contributed by atoms with Crippen LogP contribution in [-0.4, -0.2) is 66.2 Å². The van der Waals surface area contributed by atoms with E-state index in [1.165, 1.54) is 36.0 Å². The predicted octanol–water partition coefficient (Wildman–Crippen LogP) is 2.82. The summed E-state index contributed by atoms with van der Waals surface area (Å²) in [6, 6.07) is 4.06. The van der Waals surface area contributed by atoms with Gasteiger partial charge in [-0.05, 0) is 49.7 Å². The Hall–Kier alpha value is -3.48. The quantitative estimate of drug-likeness (QED) is 0.587. The number of hydrogen-bond donors (Lipinski definition) is 0. The molecule has 0 N–H and O–H groups in total. The van der Waals surface area contributed by atoms with Gasteiger partial charge in [0.2, 0.25) is 0 Å². The molecule has 0 saturated carbocycles. The molecule has 1 aliphatic rings. The van der Waals surface area contributed by atoms with Gasteiger partial charge < -0.3 is 9.80 Å². The van der Waals surface area contributed by atoms with Crippen molar-refractivity contribution in [3.8, 4) is 0 Å². The monoisotopic (exact) mass is 498 g/mol. The average molecular weight is 498 g/mol. The van der Waals surface area contributed by atoms with Gasteiger partial charge in [-0.1, -0.05) is 0 Å². The van der Waals surface area contributed by atoms with E-state index >= 15 is 0 Å². The second kappa shape index (κ2) is 8.38. The topological polar surface area (TPSA) is 108 Å². The molecule has 34 heavy (non-hydrogen) atoms. The standard InChI is InChI=1S/C21H21F3N4O5S/c1-20(2)18(30)28(14-5-7-15(8-6-14)34(32,33)21(22,23)24)19(31)27(20)12-13-9-10-25-11-16(13)17(29)26(3)4/h5-11H,12H2,1-4H3. The number of alkyl halides is 3. The summed E-state index contributed by atoms with van der Waals surface area (Å²) in [7, 11) is -2.47. The zero-order valence-electron chi connectivity index (χ0n) is 18.6. The Morgan fingerprint density at radius 3 is 2.21 bits per heavy atom. The largest absolute Gasteiger partial charge is 0.501 e. The molecule has 1 fully saturated rings. The summed E-state index contributed by atoms with van der Waals surface area (Å²) >= 11 is 0. The van der Waals surface area contributed by atoms with Crippen LogP contribution >= 0.6 is 0 Å². The number of carbonyl (C=O) groups is 3. The van der Waals surface area contributed by atoms with E-state index in [1.807, 2.05) is 0 Å². The molecule has 0 bridgehead atoms. The Balaban J connectivity index is 1.96. The molecule has 9 nitrogen and oxygen atoms in total. The van der Waals surface area contributed by atoms with Crippen LogP contribution in [0, 0.1) is 0 Å². The number of amides is 4. The molecular formula is C21H21F3N4O5S. The molecule has 1 aromatic carbocycles. The number of benzene rings is 1. The van der Waals surface area contributed by atoms with Crippen LogP contribution in [0.25, 0.3) is 0 Å². The Kier molecular flexibility index (Phi) is 6.20. The highest BCUT2D eigenvalue weighted by Crippen LogP contribution is 2.35.